The molecule has 2 aromatic carbocycles. The number of aromatic nitrogens is 6. The van der Waals surface area contributed by atoms with E-state index in [2.05, 4.69) is 57.8 Å². The lowest BCUT2D eigenvalue weighted by atomic mass is 9.81. The van der Waals surface area contributed by atoms with Gasteiger partial charge in [0.1, 0.15) is 18.3 Å². The third kappa shape index (κ3) is 6.47. The third-order valence-electron chi connectivity index (χ3n) is 9.05. The molecule has 1 aliphatic carbocycles. The second-order valence-electron chi connectivity index (χ2n) is 12.5. The Hall–Kier alpha value is -4.00. The third-order valence-corrected chi connectivity index (χ3v) is 10.3. The first-order valence-corrected chi connectivity index (χ1v) is 19.1. The van der Waals surface area contributed by atoms with E-state index in [0.29, 0.717) is 39.0 Å². The van der Waals surface area contributed by atoms with E-state index in [1.807, 2.05) is 28.9 Å². The van der Waals surface area contributed by atoms with Crippen molar-refractivity contribution < 1.29 is 14.2 Å². The highest BCUT2D eigenvalue weighted by molar-refractivity contribution is 6.55. The number of benzene rings is 2. The van der Waals surface area contributed by atoms with Crippen LogP contribution in [0.2, 0.25) is 19.1 Å². The summed E-state index contributed by atoms with van der Waals surface area (Å²) in [6, 6.07) is 17.6. The summed E-state index contributed by atoms with van der Waals surface area (Å²) in [5, 5.41) is 4.92. The zero-order chi connectivity index (χ0) is 31.5. The molecule has 1 aliphatic heterocycles. The lowest BCUT2D eigenvalue weighted by molar-refractivity contribution is 0.0882. The molecule has 3 aromatic heterocycles. The van der Waals surface area contributed by atoms with Crippen LogP contribution in [0.25, 0.3) is 16.7 Å². The van der Waals surface area contributed by atoms with Crippen molar-refractivity contribution in [3.8, 4) is 5.75 Å². The first-order chi connectivity index (χ1) is 22.6. The molecule has 2 aliphatic rings. The molecule has 0 bridgehead atoms. The van der Waals surface area contributed by atoms with Gasteiger partial charge in [-0.1, -0.05) is 30.7 Å². The topological polar surface area (TPSA) is 95.1 Å². The van der Waals surface area contributed by atoms with Gasteiger partial charge in [0.25, 0.3) is 0 Å². The number of hydrogen-bond donors (Lipinski definition) is 0. The lowest BCUT2D eigenvalue weighted by Crippen LogP contribution is -2.38. The summed E-state index contributed by atoms with van der Waals surface area (Å²) in [7, 11) is 1.33. The van der Waals surface area contributed by atoms with Crippen molar-refractivity contribution in [3.63, 3.8) is 0 Å². The van der Waals surface area contributed by atoms with Crippen molar-refractivity contribution in [1.29, 1.82) is 0 Å². The zero-order valence-corrected chi connectivity index (χ0v) is 28.1. The van der Waals surface area contributed by atoms with Crippen LogP contribution in [0.15, 0.2) is 54.7 Å². The van der Waals surface area contributed by atoms with Crippen molar-refractivity contribution in [2.45, 2.75) is 64.1 Å². The smallest absolute Gasteiger partial charge is 0.310 e. The maximum absolute atomic E-state index is 6.24. The van der Waals surface area contributed by atoms with Crippen LogP contribution in [0.1, 0.15) is 42.1 Å². The van der Waals surface area contributed by atoms with E-state index in [4.69, 9.17) is 34.3 Å². The number of methoxy groups -OCH3 is 1. The fourth-order valence-electron chi connectivity index (χ4n) is 6.13. The van der Waals surface area contributed by atoms with Gasteiger partial charge >= 0.3 is 8.80 Å². The number of nitrogens with zero attached hydrogens (tertiary/aromatic N) is 8. The maximum atomic E-state index is 6.24. The number of ether oxygens (including phenoxy) is 3. The van der Waals surface area contributed by atoms with Crippen LogP contribution in [0.5, 0.6) is 5.75 Å². The van der Waals surface area contributed by atoms with Crippen molar-refractivity contribution in [2.24, 2.45) is 0 Å². The van der Waals surface area contributed by atoms with Gasteiger partial charge in [-0.25, -0.2) is 4.98 Å². The Balaban J connectivity index is 1.32. The summed E-state index contributed by atoms with van der Waals surface area (Å²) < 4.78 is 21.5. The van der Waals surface area contributed by atoms with E-state index in [1.165, 1.54) is 24.8 Å². The average molecular weight is 640 g/mol. The van der Waals surface area contributed by atoms with Gasteiger partial charge in [-0.2, -0.15) is 19.6 Å². The summed E-state index contributed by atoms with van der Waals surface area (Å²) >= 11 is 0. The monoisotopic (exact) mass is 639 g/mol. The Morgan fingerprint density at radius 1 is 0.978 bits per heavy atom. The zero-order valence-electron chi connectivity index (χ0n) is 27.1. The highest BCUT2D eigenvalue weighted by Crippen LogP contribution is 2.39. The van der Waals surface area contributed by atoms with E-state index in [1.54, 1.807) is 7.11 Å². The summed E-state index contributed by atoms with van der Waals surface area (Å²) in [6.45, 7) is 9.78. The highest BCUT2D eigenvalue weighted by Gasteiger charge is 2.28. The molecule has 240 valence electrons. The minimum atomic E-state index is -0.359. The number of imidazole rings is 1. The molecule has 2 fully saturated rings. The molecule has 0 N–H and O–H groups in total. The molecule has 0 atom stereocenters. The Morgan fingerprint density at radius 2 is 1.78 bits per heavy atom. The molecular weight excluding hydrogens is 597 g/mol. The van der Waals surface area contributed by atoms with Gasteiger partial charge in [0, 0.05) is 25.2 Å². The molecule has 0 amide bonds. The van der Waals surface area contributed by atoms with Crippen LogP contribution in [-0.2, 0) is 29.3 Å². The average Bonchev–Trinajstić information content (AvgIpc) is 3.63. The van der Waals surface area contributed by atoms with Gasteiger partial charge in [0.05, 0.1) is 69.8 Å². The van der Waals surface area contributed by atoms with Crippen LogP contribution in [0, 0.1) is 0 Å². The summed E-state index contributed by atoms with van der Waals surface area (Å²) in [6.07, 6.45) is 5.60. The predicted molar refractivity (Wildman–Crippen MR) is 181 cm³/mol. The number of rotatable bonds is 13. The number of morpholine rings is 1. The van der Waals surface area contributed by atoms with Crippen molar-refractivity contribution >= 4 is 37.4 Å². The molecule has 11 nitrogen and oxygen atoms in total. The Kier molecular flexibility index (Phi) is 9.18. The fraction of sp³-hybridized carbons (Fsp3) is 0.471. The van der Waals surface area contributed by atoms with E-state index in [0.717, 1.165) is 71.5 Å². The van der Waals surface area contributed by atoms with Gasteiger partial charge in [0.2, 0.25) is 11.9 Å². The van der Waals surface area contributed by atoms with E-state index in [9.17, 15) is 0 Å². The van der Waals surface area contributed by atoms with Gasteiger partial charge < -0.3 is 28.6 Å². The second kappa shape index (κ2) is 13.8. The molecule has 5 aromatic rings. The number of fused-ring (bicyclic) bond motifs is 2. The molecule has 12 heteroatoms. The van der Waals surface area contributed by atoms with Gasteiger partial charge in [-0.3, -0.25) is 0 Å². The fourth-order valence-corrected chi connectivity index (χ4v) is 6.68. The van der Waals surface area contributed by atoms with Gasteiger partial charge in [-0.05, 0) is 48.6 Å². The van der Waals surface area contributed by atoms with E-state index >= 15 is 0 Å². The van der Waals surface area contributed by atoms with Gasteiger partial charge in [0.15, 0.2) is 5.65 Å². The summed E-state index contributed by atoms with van der Waals surface area (Å²) in [4.78, 5) is 20.0. The largest absolute Gasteiger partial charge is 0.497 e. The lowest BCUT2D eigenvalue weighted by Gasteiger charge is -2.30. The minimum absolute atomic E-state index is 0.359. The Labute approximate surface area is 271 Å². The normalized spacial score (nSPS) is 15.4. The Bertz CT molecular complexity index is 1760. The molecule has 0 radical (unpaired) electrons. The van der Waals surface area contributed by atoms with Crippen LogP contribution < -0.4 is 14.5 Å². The summed E-state index contributed by atoms with van der Waals surface area (Å²) in [5.74, 6) is 3.70. The van der Waals surface area contributed by atoms with Crippen LogP contribution >= 0.6 is 0 Å². The maximum Gasteiger partial charge on any atom is 0.310 e. The predicted octanol–water partition coefficient (Wildman–Crippen LogP) is 5.52. The molecule has 4 heterocycles. The standard InChI is InChI=1S/C34H43N8O3Si/c1-43-27-13-11-25(12-14-27)22-40(23-31-36-29-9-4-5-10-30(29)41(31)24-45-19-20-46(2)3)34-38-33(39-15-17-44-18-16-39)37-32-28(21-35-42(32)34)26-7-6-8-26/h4-5,9-14,21,26H,6-8,15-20,22-24H2,1-3H3/q+1. The molecule has 0 spiro atoms. The summed E-state index contributed by atoms with van der Waals surface area (Å²) in [5.41, 5.74) is 5.25. The molecule has 1 saturated heterocycles. The first-order valence-electron chi connectivity index (χ1n) is 16.3. The van der Waals surface area contributed by atoms with Crippen molar-refractivity contribution in [3.05, 3.63) is 71.7 Å². The van der Waals surface area contributed by atoms with Crippen molar-refractivity contribution in [1.82, 2.24) is 29.1 Å². The molecular formula is C34H43N8O3Si+. The quantitative estimate of drug-likeness (QED) is 0.122. The van der Waals surface area contributed by atoms with Gasteiger partial charge in [-0.15, -0.1) is 0 Å². The Morgan fingerprint density at radius 3 is 2.52 bits per heavy atom. The number of hydrogen-bond acceptors (Lipinski definition) is 9. The molecule has 0 unspecified atom stereocenters. The first kappa shape index (κ1) is 30.6. The van der Waals surface area contributed by atoms with Crippen molar-refractivity contribution in [2.75, 3.05) is 49.8 Å². The van der Waals surface area contributed by atoms with Crippen LogP contribution in [0.4, 0.5) is 11.9 Å². The minimum Gasteiger partial charge on any atom is -0.497 e. The molecule has 7 rings (SSSR count). The SMILES string of the molecule is COc1ccc(CN(Cc2nc3ccccc3n2COCC[Si+](C)C)c2nc(N3CCOCC3)nc3c(C4CCC4)cnn23)cc1. The highest BCUT2D eigenvalue weighted by atomic mass is 28.3. The number of anilines is 2. The second-order valence-corrected chi connectivity index (χ2v) is 15.4. The molecule has 46 heavy (non-hydrogen) atoms. The van der Waals surface area contributed by atoms with Crippen LogP contribution in [0.3, 0.4) is 0 Å². The van der Waals surface area contributed by atoms with E-state index < -0.39 is 0 Å². The van der Waals surface area contributed by atoms with E-state index in [-0.39, 0.29) is 8.80 Å². The van der Waals surface area contributed by atoms with Crippen LogP contribution in [-0.4, -0.2) is 77.9 Å². The molecule has 1 saturated carbocycles. The number of para-hydroxylation sites is 2.